The molecular weight excluding hydrogens is 206 g/mol. The van der Waals surface area contributed by atoms with Gasteiger partial charge in [-0.1, -0.05) is 32.1 Å². The van der Waals surface area contributed by atoms with Gasteiger partial charge in [0.1, 0.15) is 10.8 Å². The second kappa shape index (κ2) is 5.66. The van der Waals surface area contributed by atoms with Gasteiger partial charge in [0.05, 0.1) is 5.69 Å². The van der Waals surface area contributed by atoms with Crippen molar-refractivity contribution in [3.8, 4) is 0 Å². The van der Waals surface area contributed by atoms with E-state index in [4.69, 9.17) is 18.0 Å². The highest BCUT2D eigenvalue weighted by Gasteiger charge is 2.00. The molecule has 0 amide bonds. The Morgan fingerprint density at radius 2 is 2.27 bits per heavy atom. The van der Waals surface area contributed by atoms with Crippen LogP contribution in [0.3, 0.4) is 0 Å². The Labute approximate surface area is 96.1 Å². The first-order valence-electron chi connectivity index (χ1n) is 5.10. The summed E-state index contributed by atoms with van der Waals surface area (Å²) in [6.07, 6.45) is 1.12. The zero-order valence-corrected chi connectivity index (χ0v) is 9.97. The fourth-order valence-electron chi connectivity index (χ4n) is 1.16. The molecular formula is C11H17N3S. The molecule has 3 nitrogen and oxygen atoms in total. The average molecular weight is 223 g/mol. The highest BCUT2D eigenvalue weighted by Crippen LogP contribution is 2.06. The number of aromatic nitrogens is 1. The van der Waals surface area contributed by atoms with Crippen LogP contribution in [0.2, 0.25) is 0 Å². The van der Waals surface area contributed by atoms with Crippen LogP contribution >= 0.6 is 12.2 Å². The third-order valence-electron chi connectivity index (χ3n) is 2.03. The van der Waals surface area contributed by atoms with Gasteiger partial charge in [-0.2, -0.15) is 0 Å². The summed E-state index contributed by atoms with van der Waals surface area (Å²) in [5.41, 5.74) is 6.17. The van der Waals surface area contributed by atoms with Crippen molar-refractivity contribution in [1.82, 2.24) is 4.98 Å². The molecule has 0 saturated carbocycles. The summed E-state index contributed by atoms with van der Waals surface area (Å²) < 4.78 is 0. The first kappa shape index (κ1) is 11.9. The molecule has 0 bridgehead atoms. The maximum Gasteiger partial charge on any atom is 0.126 e. The number of hydrogen-bond donors (Lipinski definition) is 2. The molecule has 15 heavy (non-hydrogen) atoms. The van der Waals surface area contributed by atoms with Gasteiger partial charge in [-0.05, 0) is 24.5 Å². The molecule has 1 aromatic rings. The molecule has 1 rings (SSSR count). The van der Waals surface area contributed by atoms with Gasteiger partial charge in [0.2, 0.25) is 0 Å². The summed E-state index contributed by atoms with van der Waals surface area (Å²) in [5.74, 6) is 1.53. The van der Waals surface area contributed by atoms with E-state index in [-0.39, 0.29) is 0 Å². The predicted octanol–water partition coefficient (Wildman–Crippen LogP) is 2.17. The van der Waals surface area contributed by atoms with Crippen LogP contribution in [0.25, 0.3) is 0 Å². The lowest BCUT2D eigenvalue weighted by molar-refractivity contribution is 0.606. The van der Waals surface area contributed by atoms with E-state index in [1.54, 1.807) is 0 Å². The van der Waals surface area contributed by atoms with Crippen molar-refractivity contribution in [2.45, 2.75) is 20.3 Å². The first-order valence-corrected chi connectivity index (χ1v) is 5.51. The Morgan fingerprint density at radius 1 is 1.53 bits per heavy atom. The quantitative estimate of drug-likeness (QED) is 0.751. The smallest absolute Gasteiger partial charge is 0.126 e. The van der Waals surface area contributed by atoms with Crippen molar-refractivity contribution in [1.29, 1.82) is 0 Å². The lowest BCUT2D eigenvalue weighted by Crippen LogP contribution is -2.13. The fraction of sp³-hybridized carbons (Fsp3) is 0.455. The molecule has 1 heterocycles. The number of hydrogen-bond acceptors (Lipinski definition) is 3. The molecule has 0 atom stereocenters. The topological polar surface area (TPSA) is 50.9 Å². The van der Waals surface area contributed by atoms with Crippen molar-refractivity contribution < 1.29 is 0 Å². The van der Waals surface area contributed by atoms with Gasteiger partial charge >= 0.3 is 0 Å². The molecule has 82 valence electrons. The van der Waals surface area contributed by atoms with Crippen LogP contribution in [0.5, 0.6) is 0 Å². The summed E-state index contributed by atoms with van der Waals surface area (Å²) >= 11 is 4.86. The molecule has 0 aliphatic rings. The van der Waals surface area contributed by atoms with E-state index in [0.29, 0.717) is 16.6 Å². The summed E-state index contributed by atoms with van der Waals surface area (Å²) in [6.45, 7) is 5.31. The minimum atomic E-state index is 0.336. The zero-order valence-electron chi connectivity index (χ0n) is 9.16. The van der Waals surface area contributed by atoms with Gasteiger partial charge in [-0.15, -0.1) is 0 Å². The number of nitrogens with zero attached hydrogens (tertiary/aromatic N) is 1. The molecule has 0 saturated heterocycles. The van der Waals surface area contributed by atoms with Crippen LogP contribution in [-0.2, 0) is 0 Å². The Hall–Kier alpha value is -1.16. The summed E-state index contributed by atoms with van der Waals surface area (Å²) in [5, 5.41) is 3.24. The second-order valence-electron chi connectivity index (χ2n) is 3.88. The van der Waals surface area contributed by atoms with Crippen molar-refractivity contribution in [2.75, 3.05) is 11.9 Å². The zero-order chi connectivity index (χ0) is 11.3. The Bertz CT molecular complexity index is 336. The van der Waals surface area contributed by atoms with E-state index in [1.807, 2.05) is 18.2 Å². The molecule has 4 heteroatoms. The van der Waals surface area contributed by atoms with E-state index in [9.17, 15) is 0 Å². The van der Waals surface area contributed by atoms with Gasteiger partial charge in [-0.3, -0.25) is 0 Å². The first-order chi connectivity index (χ1) is 7.09. The third kappa shape index (κ3) is 4.25. The maximum absolute atomic E-state index is 5.50. The number of nitrogens with two attached hydrogens (primary N) is 1. The molecule has 0 spiro atoms. The summed E-state index contributed by atoms with van der Waals surface area (Å²) in [7, 11) is 0. The van der Waals surface area contributed by atoms with Crippen molar-refractivity contribution in [3.63, 3.8) is 0 Å². The van der Waals surface area contributed by atoms with Crippen molar-refractivity contribution in [2.24, 2.45) is 11.7 Å². The van der Waals surface area contributed by atoms with E-state index < -0.39 is 0 Å². The molecule has 0 unspecified atom stereocenters. The highest BCUT2D eigenvalue weighted by atomic mass is 32.1. The lowest BCUT2D eigenvalue weighted by Gasteiger charge is -2.08. The fourth-order valence-corrected chi connectivity index (χ4v) is 1.27. The van der Waals surface area contributed by atoms with Gasteiger partial charge in [0.15, 0.2) is 0 Å². The molecule has 1 aromatic heterocycles. The monoisotopic (exact) mass is 223 g/mol. The van der Waals surface area contributed by atoms with Gasteiger partial charge in [0, 0.05) is 6.54 Å². The maximum atomic E-state index is 5.50. The average Bonchev–Trinajstić information content (AvgIpc) is 2.17. The van der Waals surface area contributed by atoms with Crippen LogP contribution in [0.1, 0.15) is 26.0 Å². The molecule has 0 aliphatic carbocycles. The number of nitrogens with one attached hydrogen (secondary N) is 1. The number of thiocarbonyl (C=S) groups is 1. The van der Waals surface area contributed by atoms with E-state index >= 15 is 0 Å². The standard InChI is InChI=1S/C11H17N3S/c1-8(2)6-7-13-10-5-3-4-9(14-10)11(12)15/h3-5,8H,6-7H2,1-2H3,(H2,12,15)(H,13,14). The second-order valence-corrected chi connectivity index (χ2v) is 4.32. The highest BCUT2D eigenvalue weighted by molar-refractivity contribution is 7.80. The van der Waals surface area contributed by atoms with Gasteiger partial charge < -0.3 is 11.1 Å². The Kier molecular flexibility index (Phi) is 4.49. The van der Waals surface area contributed by atoms with Crippen LogP contribution in [0, 0.1) is 5.92 Å². The third-order valence-corrected chi connectivity index (χ3v) is 2.24. The van der Waals surface area contributed by atoms with Crippen LogP contribution in [0.4, 0.5) is 5.82 Å². The molecule has 0 radical (unpaired) electrons. The van der Waals surface area contributed by atoms with E-state index in [0.717, 1.165) is 18.8 Å². The van der Waals surface area contributed by atoms with E-state index in [1.165, 1.54) is 0 Å². The van der Waals surface area contributed by atoms with Crippen molar-refractivity contribution >= 4 is 23.0 Å². The minimum Gasteiger partial charge on any atom is -0.388 e. The van der Waals surface area contributed by atoms with Crippen LogP contribution < -0.4 is 11.1 Å². The van der Waals surface area contributed by atoms with Gasteiger partial charge in [-0.25, -0.2) is 4.98 Å². The van der Waals surface area contributed by atoms with Crippen molar-refractivity contribution in [3.05, 3.63) is 23.9 Å². The summed E-state index contributed by atoms with van der Waals surface area (Å²) in [6, 6.07) is 5.64. The molecule has 0 aliphatic heterocycles. The van der Waals surface area contributed by atoms with Crippen LogP contribution in [-0.4, -0.2) is 16.5 Å². The number of pyridine rings is 1. The van der Waals surface area contributed by atoms with Gasteiger partial charge in [0.25, 0.3) is 0 Å². The SMILES string of the molecule is CC(C)CCNc1cccc(C(N)=S)n1. The molecule has 0 fully saturated rings. The van der Waals surface area contributed by atoms with E-state index in [2.05, 4.69) is 24.1 Å². The molecule has 3 N–H and O–H groups in total. The predicted molar refractivity (Wildman–Crippen MR) is 68.1 cm³/mol. The Morgan fingerprint density at radius 3 is 2.87 bits per heavy atom. The molecule has 0 aromatic carbocycles. The summed E-state index contributed by atoms with van der Waals surface area (Å²) in [4.78, 5) is 4.63. The largest absolute Gasteiger partial charge is 0.388 e. The Balaban J connectivity index is 2.54. The number of rotatable bonds is 5. The number of anilines is 1. The van der Waals surface area contributed by atoms with Crippen LogP contribution in [0.15, 0.2) is 18.2 Å². The lowest BCUT2D eigenvalue weighted by atomic mass is 10.1. The minimum absolute atomic E-state index is 0.336. The normalized spacial score (nSPS) is 10.3.